The number of rotatable bonds is 8. The quantitative estimate of drug-likeness (QED) is 0.558. The number of halogens is 1. The second-order valence-corrected chi connectivity index (χ2v) is 7.77. The first-order valence-corrected chi connectivity index (χ1v) is 11.1. The summed E-state index contributed by atoms with van der Waals surface area (Å²) < 4.78 is 16.2. The zero-order chi connectivity index (χ0) is 23.1. The topological polar surface area (TPSA) is 68.3 Å². The number of carbonyl (C=O) groups excluding carboxylic acids is 2. The first kappa shape index (κ1) is 23.9. The van der Waals surface area contributed by atoms with E-state index >= 15 is 0 Å². The normalized spacial score (nSPS) is 15.2. The van der Waals surface area contributed by atoms with Crippen LogP contribution in [0.5, 0.6) is 11.5 Å². The van der Waals surface area contributed by atoms with Gasteiger partial charge in [0.2, 0.25) is 0 Å². The van der Waals surface area contributed by atoms with E-state index in [4.69, 9.17) is 25.8 Å². The molecule has 0 aromatic heterocycles. The molecule has 0 radical (unpaired) electrons. The van der Waals surface area contributed by atoms with Gasteiger partial charge in [-0.3, -0.25) is 9.69 Å². The van der Waals surface area contributed by atoms with Crippen LogP contribution < -0.4 is 9.47 Å². The Morgan fingerprint density at radius 2 is 1.66 bits per heavy atom. The molecule has 1 aliphatic rings. The molecule has 1 saturated heterocycles. The maximum Gasteiger partial charge on any atom is 0.328 e. The van der Waals surface area contributed by atoms with Crippen molar-refractivity contribution in [1.82, 2.24) is 9.80 Å². The molecule has 2 aromatic carbocycles. The second-order valence-electron chi connectivity index (χ2n) is 7.33. The van der Waals surface area contributed by atoms with E-state index < -0.39 is 6.04 Å². The van der Waals surface area contributed by atoms with E-state index in [0.29, 0.717) is 61.5 Å². The Kier molecular flexibility index (Phi) is 8.36. The Morgan fingerprint density at radius 1 is 0.969 bits per heavy atom. The molecule has 1 aliphatic heterocycles. The van der Waals surface area contributed by atoms with Crippen LogP contribution in [0.25, 0.3) is 0 Å². The summed E-state index contributed by atoms with van der Waals surface area (Å²) in [6.07, 6.45) is 0. The Hall–Kier alpha value is -2.77. The van der Waals surface area contributed by atoms with Crippen LogP contribution in [-0.4, -0.2) is 68.2 Å². The molecule has 0 spiro atoms. The fourth-order valence-electron chi connectivity index (χ4n) is 3.80. The van der Waals surface area contributed by atoms with Crippen molar-refractivity contribution >= 4 is 23.5 Å². The van der Waals surface area contributed by atoms with Crippen LogP contribution in [-0.2, 0) is 9.53 Å². The van der Waals surface area contributed by atoms with Gasteiger partial charge in [0.05, 0.1) is 20.3 Å². The Labute approximate surface area is 193 Å². The molecular weight excluding hydrogens is 432 g/mol. The highest BCUT2D eigenvalue weighted by Crippen LogP contribution is 2.29. The van der Waals surface area contributed by atoms with Gasteiger partial charge in [0.25, 0.3) is 5.91 Å². The molecular formula is C24H29ClN2O5. The number of esters is 1. The Bertz CT molecular complexity index is 926. The number of carbonyl (C=O) groups is 2. The van der Waals surface area contributed by atoms with Gasteiger partial charge in [-0.15, -0.1) is 0 Å². The van der Waals surface area contributed by atoms with E-state index in [2.05, 4.69) is 0 Å². The third kappa shape index (κ3) is 5.53. The van der Waals surface area contributed by atoms with Crippen molar-refractivity contribution in [2.24, 2.45) is 0 Å². The van der Waals surface area contributed by atoms with Crippen molar-refractivity contribution in [1.29, 1.82) is 0 Å². The Balaban J connectivity index is 1.71. The molecule has 0 bridgehead atoms. The van der Waals surface area contributed by atoms with Gasteiger partial charge in [0.15, 0.2) is 11.5 Å². The molecule has 3 rings (SSSR count). The van der Waals surface area contributed by atoms with Crippen LogP contribution >= 0.6 is 11.6 Å². The van der Waals surface area contributed by atoms with Crippen molar-refractivity contribution in [2.45, 2.75) is 19.9 Å². The van der Waals surface area contributed by atoms with Gasteiger partial charge in [-0.1, -0.05) is 23.7 Å². The minimum atomic E-state index is -0.532. The summed E-state index contributed by atoms with van der Waals surface area (Å²) in [5, 5.41) is 0.609. The van der Waals surface area contributed by atoms with Crippen molar-refractivity contribution in [3.05, 3.63) is 58.6 Å². The number of nitrogens with zero attached hydrogens (tertiary/aromatic N) is 2. The smallest absolute Gasteiger partial charge is 0.328 e. The van der Waals surface area contributed by atoms with Crippen LogP contribution in [0, 0.1) is 0 Å². The fourth-order valence-corrected chi connectivity index (χ4v) is 3.93. The fraction of sp³-hybridized carbons (Fsp3) is 0.417. The average molecular weight is 461 g/mol. The van der Waals surface area contributed by atoms with Gasteiger partial charge >= 0.3 is 5.97 Å². The molecule has 7 nitrogen and oxygen atoms in total. The van der Waals surface area contributed by atoms with Crippen molar-refractivity contribution in [3.63, 3.8) is 0 Å². The van der Waals surface area contributed by atoms with Crippen molar-refractivity contribution in [3.8, 4) is 11.5 Å². The predicted molar refractivity (Wildman–Crippen MR) is 122 cm³/mol. The van der Waals surface area contributed by atoms with Crippen LogP contribution in [0.4, 0.5) is 0 Å². The van der Waals surface area contributed by atoms with Crippen molar-refractivity contribution in [2.75, 3.05) is 46.5 Å². The highest BCUT2D eigenvalue weighted by atomic mass is 35.5. The van der Waals surface area contributed by atoms with Crippen LogP contribution in [0.3, 0.4) is 0 Å². The summed E-state index contributed by atoms with van der Waals surface area (Å²) in [6.45, 7) is 6.60. The largest absolute Gasteiger partial charge is 0.493 e. The molecule has 1 amide bonds. The molecule has 2 aromatic rings. The standard InChI is InChI=1S/C24H29ClN2O5/c1-4-31-20-11-8-18(16-21(20)30-3)23(28)27-14-12-26(13-15-27)22(24(29)32-5-2)17-6-9-19(25)10-7-17/h6-11,16,22H,4-5,12-15H2,1-3H3/t22-/m1/s1. The molecule has 0 unspecified atom stereocenters. The molecule has 0 N–H and O–H groups in total. The van der Waals surface area contributed by atoms with E-state index in [1.807, 2.05) is 24.0 Å². The summed E-state index contributed by atoms with van der Waals surface area (Å²) in [5.74, 6) is 0.758. The second kappa shape index (κ2) is 11.2. The lowest BCUT2D eigenvalue weighted by molar-refractivity contribution is -0.150. The van der Waals surface area contributed by atoms with E-state index in [9.17, 15) is 9.59 Å². The molecule has 172 valence electrons. The number of benzene rings is 2. The third-order valence-corrected chi connectivity index (χ3v) is 5.62. The minimum Gasteiger partial charge on any atom is -0.493 e. The monoisotopic (exact) mass is 460 g/mol. The zero-order valence-electron chi connectivity index (χ0n) is 18.7. The summed E-state index contributed by atoms with van der Waals surface area (Å²) in [4.78, 5) is 29.6. The van der Waals surface area contributed by atoms with Gasteiger partial charge in [-0.25, -0.2) is 4.79 Å². The van der Waals surface area contributed by atoms with Crippen LogP contribution in [0.15, 0.2) is 42.5 Å². The first-order valence-electron chi connectivity index (χ1n) is 10.7. The summed E-state index contributed by atoms with van der Waals surface area (Å²) >= 11 is 6.01. The zero-order valence-corrected chi connectivity index (χ0v) is 19.4. The molecule has 0 saturated carbocycles. The molecule has 1 heterocycles. The first-order chi connectivity index (χ1) is 15.5. The van der Waals surface area contributed by atoms with Crippen LogP contribution in [0.2, 0.25) is 5.02 Å². The number of methoxy groups -OCH3 is 1. The number of ether oxygens (including phenoxy) is 3. The molecule has 8 heteroatoms. The van der Waals surface area contributed by atoms with Gasteiger partial charge < -0.3 is 19.1 Å². The predicted octanol–water partition coefficient (Wildman–Crippen LogP) is 3.81. The highest BCUT2D eigenvalue weighted by Gasteiger charge is 2.33. The van der Waals surface area contributed by atoms with Gasteiger partial charge in [-0.2, -0.15) is 0 Å². The lowest BCUT2D eigenvalue weighted by Gasteiger charge is -2.38. The summed E-state index contributed by atoms with van der Waals surface area (Å²) in [7, 11) is 1.55. The average Bonchev–Trinajstić information content (AvgIpc) is 2.81. The number of hydrogen-bond acceptors (Lipinski definition) is 6. The van der Waals surface area contributed by atoms with E-state index in [1.165, 1.54) is 0 Å². The van der Waals surface area contributed by atoms with E-state index in [-0.39, 0.29) is 11.9 Å². The van der Waals surface area contributed by atoms with Gasteiger partial charge in [0.1, 0.15) is 6.04 Å². The maximum absolute atomic E-state index is 13.1. The molecule has 1 fully saturated rings. The van der Waals surface area contributed by atoms with Gasteiger partial charge in [0, 0.05) is 36.8 Å². The molecule has 1 atom stereocenters. The molecule has 32 heavy (non-hydrogen) atoms. The minimum absolute atomic E-state index is 0.0785. The lowest BCUT2D eigenvalue weighted by Crippen LogP contribution is -2.51. The lowest BCUT2D eigenvalue weighted by atomic mass is 10.0. The van der Waals surface area contributed by atoms with Crippen molar-refractivity contribution < 1.29 is 23.8 Å². The summed E-state index contributed by atoms with van der Waals surface area (Å²) in [6, 6.07) is 11.9. The van der Waals surface area contributed by atoms with E-state index in [1.54, 1.807) is 49.3 Å². The maximum atomic E-state index is 13.1. The Morgan fingerprint density at radius 3 is 2.25 bits per heavy atom. The molecule has 0 aliphatic carbocycles. The highest BCUT2D eigenvalue weighted by molar-refractivity contribution is 6.30. The number of piperazine rings is 1. The summed E-state index contributed by atoms with van der Waals surface area (Å²) in [5.41, 5.74) is 1.36. The number of amides is 1. The van der Waals surface area contributed by atoms with E-state index in [0.717, 1.165) is 5.56 Å². The SMILES string of the molecule is CCOC(=O)[C@@H](c1ccc(Cl)cc1)N1CCN(C(=O)c2ccc(OCC)c(OC)c2)CC1. The third-order valence-electron chi connectivity index (χ3n) is 5.37. The number of hydrogen-bond donors (Lipinski definition) is 0. The van der Waals surface area contributed by atoms with Crippen LogP contribution in [0.1, 0.15) is 35.8 Å². The van der Waals surface area contributed by atoms with Gasteiger partial charge in [-0.05, 0) is 49.7 Å².